The van der Waals surface area contributed by atoms with Gasteiger partial charge in [0.25, 0.3) is 0 Å². The first-order chi connectivity index (χ1) is 8.65. The van der Waals surface area contributed by atoms with Gasteiger partial charge in [-0.3, -0.25) is 0 Å². The third-order valence-electron chi connectivity index (χ3n) is 2.53. The average molecular weight is 386 g/mol. The molecule has 0 aliphatic carbocycles. The van der Waals surface area contributed by atoms with Gasteiger partial charge in [0.15, 0.2) is 0 Å². The molecule has 0 saturated heterocycles. The third kappa shape index (κ3) is 2.61. The molecule has 0 radical (unpaired) electrons. The van der Waals surface area contributed by atoms with Gasteiger partial charge in [-0.2, -0.15) is 5.26 Å². The van der Waals surface area contributed by atoms with Crippen LogP contribution in [-0.4, -0.2) is 0 Å². The lowest BCUT2D eigenvalue weighted by Crippen LogP contribution is -1.90. The van der Waals surface area contributed by atoms with Gasteiger partial charge >= 0.3 is 0 Å². The van der Waals surface area contributed by atoms with E-state index in [-0.39, 0.29) is 0 Å². The van der Waals surface area contributed by atoms with E-state index in [0.29, 0.717) is 10.6 Å². The molecule has 1 nitrogen and oxygen atoms in total. The van der Waals surface area contributed by atoms with Crippen molar-refractivity contribution in [3.63, 3.8) is 0 Å². The maximum absolute atomic E-state index is 9.30. The summed E-state index contributed by atoms with van der Waals surface area (Å²) in [5.41, 5.74) is 2.62. The number of thiophene rings is 1. The summed E-state index contributed by atoms with van der Waals surface area (Å²) in [7, 11) is 0. The van der Waals surface area contributed by atoms with Crippen molar-refractivity contribution in [2.24, 2.45) is 0 Å². The summed E-state index contributed by atoms with van der Waals surface area (Å²) in [5.74, 6) is 0. The van der Waals surface area contributed by atoms with Gasteiger partial charge in [-0.15, -0.1) is 11.3 Å². The van der Waals surface area contributed by atoms with Crippen molar-refractivity contribution in [3.8, 4) is 6.07 Å². The summed E-state index contributed by atoms with van der Waals surface area (Å²) >= 11 is 10.2. The first kappa shape index (κ1) is 13.6. The molecule has 90 valence electrons. The van der Waals surface area contributed by atoms with Crippen molar-refractivity contribution in [3.05, 3.63) is 55.3 Å². The van der Waals surface area contributed by atoms with E-state index in [2.05, 4.69) is 28.7 Å². The lowest BCUT2D eigenvalue weighted by molar-refractivity contribution is 1.41. The summed E-state index contributed by atoms with van der Waals surface area (Å²) in [4.78, 5) is 0.903. The molecule has 0 amide bonds. The molecule has 0 bridgehead atoms. The minimum absolute atomic E-state index is 0.521. The van der Waals surface area contributed by atoms with Crippen molar-refractivity contribution in [2.45, 2.75) is 6.92 Å². The van der Waals surface area contributed by atoms with Gasteiger partial charge in [-0.1, -0.05) is 35.9 Å². The number of rotatable bonds is 2. The van der Waals surface area contributed by atoms with Crippen LogP contribution in [0.4, 0.5) is 0 Å². The van der Waals surface area contributed by atoms with E-state index in [1.54, 1.807) is 0 Å². The fraction of sp³-hybridized carbons (Fsp3) is 0.0714. The monoisotopic (exact) mass is 385 g/mol. The second-order valence-electron chi connectivity index (χ2n) is 3.71. The fourth-order valence-corrected chi connectivity index (χ4v) is 3.46. The predicted molar refractivity (Wildman–Crippen MR) is 86.5 cm³/mol. The summed E-state index contributed by atoms with van der Waals surface area (Å²) in [5, 5.41) is 11.8. The number of nitrogens with zero attached hydrogens (tertiary/aromatic N) is 1. The quantitative estimate of drug-likeness (QED) is 0.509. The highest BCUT2D eigenvalue weighted by molar-refractivity contribution is 14.1. The van der Waals surface area contributed by atoms with Crippen LogP contribution in [0.25, 0.3) is 10.6 Å². The number of aryl methyl sites for hydroxylation is 1. The smallest absolute Gasteiger partial charge is 0.102 e. The Labute approximate surface area is 129 Å². The van der Waals surface area contributed by atoms with E-state index in [1.807, 2.05) is 42.6 Å². The van der Waals surface area contributed by atoms with E-state index in [4.69, 9.17) is 11.6 Å². The standard InChI is InChI=1S/C14H9ClINS/c1-9-4-2-5-10(14(9)16)13(15)11(8-17)12-6-3-7-18-12/h2-7H,1H3/b13-11+. The van der Waals surface area contributed by atoms with Gasteiger partial charge in [-0.05, 0) is 46.5 Å². The first-order valence-corrected chi connectivity index (χ1v) is 7.58. The summed E-state index contributed by atoms with van der Waals surface area (Å²) in [6.07, 6.45) is 0. The molecule has 2 rings (SSSR count). The van der Waals surface area contributed by atoms with E-state index in [0.717, 1.165) is 19.6 Å². The minimum atomic E-state index is 0.521. The Bertz CT molecular complexity index is 638. The molecular formula is C14H9ClINS. The van der Waals surface area contributed by atoms with Crippen molar-refractivity contribution in [1.29, 1.82) is 5.26 Å². The van der Waals surface area contributed by atoms with Crippen LogP contribution in [0.2, 0.25) is 0 Å². The molecule has 1 heterocycles. The molecule has 0 fully saturated rings. The van der Waals surface area contributed by atoms with Crippen LogP contribution in [-0.2, 0) is 0 Å². The Morgan fingerprint density at radius 2 is 2.11 bits per heavy atom. The van der Waals surface area contributed by atoms with Crippen LogP contribution in [0.15, 0.2) is 35.7 Å². The minimum Gasteiger partial charge on any atom is -0.192 e. The van der Waals surface area contributed by atoms with Crippen molar-refractivity contribution < 1.29 is 0 Å². The molecule has 0 atom stereocenters. The highest BCUT2D eigenvalue weighted by Crippen LogP contribution is 2.34. The largest absolute Gasteiger partial charge is 0.192 e. The van der Waals surface area contributed by atoms with Gasteiger partial charge in [-0.25, -0.2) is 0 Å². The van der Waals surface area contributed by atoms with E-state index >= 15 is 0 Å². The van der Waals surface area contributed by atoms with Gasteiger partial charge in [0.1, 0.15) is 6.07 Å². The SMILES string of the molecule is Cc1cccc(/C(Cl)=C(/C#N)c2cccs2)c1I. The number of nitriles is 1. The van der Waals surface area contributed by atoms with Crippen LogP contribution in [0.3, 0.4) is 0 Å². The number of halogens is 2. The number of allylic oxidation sites excluding steroid dienone is 1. The Morgan fingerprint density at radius 1 is 1.33 bits per heavy atom. The molecule has 2 aromatic rings. The highest BCUT2D eigenvalue weighted by atomic mass is 127. The Balaban J connectivity index is 2.62. The molecule has 0 aliphatic heterocycles. The van der Waals surface area contributed by atoms with Crippen LogP contribution in [0.5, 0.6) is 0 Å². The lowest BCUT2D eigenvalue weighted by atomic mass is 10.1. The maximum atomic E-state index is 9.30. The van der Waals surface area contributed by atoms with Crippen LogP contribution >= 0.6 is 45.5 Å². The van der Waals surface area contributed by atoms with E-state index in [1.165, 1.54) is 11.3 Å². The maximum Gasteiger partial charge on any atom is 0.102 e. The molecule has 4 heteroatoms. The third-order valence-corrected chi connectivity index (χ3v) is 5.24. The van der Waals surface area contributed by atoms with Crippen LogP contribution in [0, 0.1) is 21.8 Å². The topological polar surface area (TPSA) is 23.8 Å². The van der Waals surface area contributed by atoms with Crippen molar-refractivity contribution in [1.82, 2.24) is 0 Å². The molecule has 0 aliphatic rings. The molecule has 0 spiro atoms. The molecule has 1 aromatic heterocycles. The average Bonchev–Trinajstić information content (AvgIpc) is 2.87. The second-order valence-corrected chi connectivity index (χ2v) is 6.12. The lowest BCUT2D eigenvalue weighted by Gasteiger charge is -2.07. The second kappa shape index (κ2) is 5.87. The fourth-order valence-electron chi connectivity index (χ4n) is 1.58. The van der Waals surface area contributed by atoms with E-state index < -0.39 is 0 Å². The number of hydrogen-bond acceptors (Lipinski definition) is 2. The van der Waals surface area contributed by atoms with Gasteiger partial charge in [0.05, 0.1) is 10.6 Å². The Kier molecular flexibility index (Phi) is 4.44. The zero-order chi connectivity index (χ0) is 13.1. The molecule has 18 heavy (non-hydrogen) atoms. The van der Waals surface area contributed by atoms with Crippen molar-refractivity contribution in [2.75, 3.05) is 0 Å². The highest BCUT2D eigenvalue weighted by Gasteiger charge is 2.13. The van der Waals surface area contributed by atoms with Crippen molar-refractivity contribution >= 4 is 56.1 Å². The summed E-state index contributed by atoms with van der Waals surface area (Å²) in [6, 6.07) is 12.0. The van der Waals surface area contributed by atoms with Gasteiger partial charge in [0, 0.05) is 14.0 Å². The Hall–Kier alpha value is -0.830. The van der Waals surface area contributed by atoms with Crippen LogP contribution < -0.4 is 0 Å². The number of hydrogen-bond donors (Lipinski definition) is 0. The first-order valence-electron chi connectivity index (χ1n) is 5.24. The normalized spacial score (nSPS) is 11.9. The zero-order valence-corrected chi connectivity index (χ0v) is 13.3. The predicted octanol–water partition coefficient (Wildman–Crippen LogP) is 5.29. The molecular weight excluding hydrogens is 377 g/mol. The van der Waals surface area contributed by atoms with E-state index in [9.17, 15) is 5.26 Å². The number of benzene rings is 1. The summed E-state index contributed by atoms with van der Waals surface area (Å²) < 4.78 is 1.09. The molecule has 0 N–H and O–H groups in total. The van der Waals surface area contributed by atoms with Gasteiger partial charge < -0.3 is 0 Å². The van der Waals surface area contributed by atoms with Gasteiger partial charge in [0.2, 0.25) is 0 Å². The molecule has 0 saturated carbocycles. The Morgan fingerprint density at radius 3 is 2.72 bits per heavy atom. The molecule has 1 aromatic carbocycles. The zero-order valence-electron chi connectivity index (χ0n) is 9.58. The molecule has 0 unspecified atom stereocenters. The van der Waals surface area contributed by atoms with Crippen LogP contribution in [0.1, 0.15) is 16.0 Å². The summed E-state index contributed by atoms with van der Waals surface area (Å²) in [6.45, 7) is 2.03.